The molecule has 4 rings (SSSR count). The van der Waals surface area contributed by atoms with Gasteiger partial charge in [-0.05, 0) is 25.1 Å². The highest BCUT2D eigenvalue weighted by Gasteiger charge is 2.18. The molecule has 1 amide bonds. The van der Waals surface area contributed by atoms with Crippen LogP contribution in [0.4, 0.5) is 5.69 Å². The van der Waals surface area contributed by atoms with E-state index in [1.165, 1.54) is 11.8 Å². The second kappa shape index (κ2) is 7.81. The largest absolute Gasteiger partial charge is 0.325 e. The minimum Gasteiger partial charge on any atom is -0.325 e. The van der Waals surface area contributed by atoms with E-state index in [9.17, 15) is 4.79 Å². The molecule has 0 aliphatic carbocycles. The van der Waals surface area contributed by atoms with Crippen LogP contribution in [0.5, 0.6) is 0 Å². The molecule has 0 atom stereocenters. The van der Waals surface area contributed by atoms with Gasteiger partial charge < -0.3 is 9.88 Å². The van der Waals surface area contributed by atoms with Crippen molar-refractivity contribution < 1.29 is 4.79 Å². The number of benzene rings is 1. The number of aryl methyl sites for hydroxylation is 1. The predicted octanol–water partition coefficient (Wildman–Crippen LogP) is 2.98. The number of nitrogens with zero attached hydrogens (tertiary/aromatic N) is 6. The van der Waals surface area contributed by atoms with Crippen LogP contribution in [0.25, 0.3) is 22.4 Å². The fraction of sp³-hybridized carbons (Fsp3) is 0.211. The Balaban J connectivity index is 1.55. The standard InChI is InChI=1S/C19H19N7OS/c1-3-26-18(14-9-10-20-17-15(14)11-21-25(17)2)23-24-19(26)28-12-16(27)22-13-7-5-4-6-8-13/h4-11H,3,12H2,1-2H3,(H,22,27). The Labute approximate surface area is 166 Å². The number of amides is 1. The minimum atomic E-state index is -0.0815. The molecule has 142 valence electrons. The van der Waals surface area contributed by atoms with Crippen LogP contribution in [-0.2, 0) is 18.4 Å². The summed E-state index contributed by atoms with van der Waals surface area (Å²) in [4.78, 5) is 16.6. The Bertz CT molecular complexity index is 1120. The molecule has 0 aliphatic heterocycles. The topological polar surface area (TPSA) is 90.5 Å². The summed E-state index contributed by atoms with van der Waals surface area (Å²) in [6, 6.07) is 11.3. The molecule has 0 fully saturated rings. The number of hydrogen-bond donors (Lipinski definition) is 1. The van der Waals surface area contributed by atoms with E-state index in [1.807, 2.05) is 54.9 Å². The third-order valence-corrected chi connectivity index (χ3v) is 5.27. The highest BCUT2D eigenvalue weighted by Crippen LogP contribution is 2.28. The molecule has 1 N–H and O–H groups in total. The number of rotatable bonds is 6. The lowest BCUT2D eigenvalue weighted by molar-refractivity contribution is -0.113. The Morgan fingerprint density at radius 2 is 2.00 bits per heavy atom. The van der Waals surface area contributed by atoms with Crippen LogP contribution in [0.2, 0.25) is 0 Å². The Hall–Kier alpha value is -3.20. The number of carbonyl (C=O) groups excluding carboxylic acids is 1. The smallest absolute Gasteiger partial charge is 0.234 e. The van der Waals surface area contributed by atoms with Crippen molar-refractivity contribution in [1.82, 2.24) is 29.5 Å². The number of carbonyl (C=O) groups is 1. The predicted molar refractivity (Wildman–Crippen MR) is 109 cm³/mol. The zero-order valence-electron chi connectivity index (χ0n) is 15.5. The lowest BCUT2D eigenvalue weighted by Crippen LogP contribution is -2.14. The van der Waals surface area contributed by atoms with E-state index in [-0.39, 0.29) is 11.7 Å². The molecule has 0 saturated carbocycles. The average molecular weight is 393 g/mol. The van der Waals surface area contributed by atoms with E-state index < -0.39 is 0 Å². The van der Waals surface area contributed by atoms with Crippen LogP contribution in [0.3, 0.4) is 0 Å². The highest BCUT2D eigenvalue weighted by molar-refractivity contribution is 7.99. The summed E-state index contributed by atoms with van der Waals surface area (Å²) in [5, 5.41) is 17.5. The van der Waals surface area contributed by atoms with Crippen molar-refractivity contribution in [2.75, 3.05) is 11.1 Å². The van der Waals surface area contributed by atoms with Crippen LogP contribution < -0.4 is 5.32 Å². The third-order valence-electron chi connectivity index (χ3n) is 4.30. The van der Waals surface area contributed by atoms with Crippen molar-refractivity contribution >= 4 is 34.4 Å². The lowest BCUT2D eigenvalue weighted by atomic mass is 10.2. The molecule has 9 heteroatoms. The molecule has 8 nitrogen and oxygen atoms in total. The van der Waals surface area contributed by atoms with Crippen molar-refractivity contribution in [2.45, 2.75) is 18.6 Å². The Kier molecular flexibility index (Phi) is 5.07. The molecule has 28 heavy (non-hydrogen) atoms. The number of para-hydroxylation sites is 1. The fourth-order valence-electron chi connectivity index (χ4n) is 2.97. The summed E-state index contributed by atoms with van der Waals surface area (Å²) in [5.41, 5.74) is 2.49. The highest BCUT2D eigenvalue weighted by atomic mass is 32.2. The van der Waals surface area contributed by atoms with Gasteiger partial charge in [-0.15, -0.1) is 10.2 Å². The van der Waals surface area contributed by atoms with Crippen molar-refractivity contribution in [1.29, 1.82) is 0 Å². The molecular weight excluding hydrogens is 374 g/mol. The average Bonchev–Trinajstić information content (AvgIpc) is 3.30. The first-order valence-corrected chi connectivity index (χ1v) is 9.84. The zero-order chi connectivity index (χ0) is 19.5. The van der Waals surface area contributed by atoms with Gasteiger partial charge in [-0.1, -0.05) is 30.0 Å². The number of hydrogen-bond acceptors (Lipinski definition) is 6. The first-order chi connectivity index (χ1) is 13.7. The van der Waals surface area contributed by atoms with Gasteiger partial charge in [0.05, 0.1) is 11.9 Å². The van der Waals surface area contributed by atoms with E-state index in [1.54, 1.807) is 17.1 Å². The van der Waals surface area contributed by atoms with Crippen LogP contribution in [0.15, 0.2) is 53.9 Å². The summed E-state index contributed by atoms with van der Waals surface area (Å²) < 4.78 is 3.73. The molecule has 0 saturated heterocycles. The first-order valence-electron chi connectivity index (χ1n) is 8.85. The van der Waals surface area contributed by atoms with Crippen LogP contribution >= 0.6 is 11.8 Å². The van der Waals surface area contributed by atoms with E-state index in [0.717, 1.165) is 28.1 Å². The van der Waals surface area contributed by atoms with Crippen LogP contribution in [0, 0.1) is 0 Å². The molecule has 4 aromatic rings. The molecule has 0 unspecified atom stereocenters. The van der Waals surface area contributed by atoms with Gasteiger partial charge in [0.15, 0.2) is 16.6 Å². The van der Waals surface area contributed by atoms with Gasteiger partial charge in [0, 0.05) is 36.4 Å². The molecule has 0 bridgehead atoms. The zero-order valence-corrected chi connectivity index (χ0v) is 16.3. The maximum Gasteiger partial charge on any atom is 0.234 e. The second-order valence-corrected chi connectivity index (χ2v) is 7.06. The van der Waals surface area contributed by atoms with Crippen LogP contribution in [-0.4, -0.2) is 41.2 Å². The molecule has 3 aromatic heterocycles. The minimum absolute atomic E-state index is 0.0815. The quantitative estimate of drug-likeness (QED) is 0.507. The Morgan fingerprint density at radius 3 is 2.79 bits per heavy atom. The van der Waals surface area contributed by atoms with Gasteiger partial charge in [0.25, 0.3) is 0 Å². The first kappa shape index (κ1) is 18.2. The number of fused-ring (bicyclic) bond motifs is 1. The van der Waals surface area contributed by atoms with Gasteiger partial charge in [-0.3, -0.25) is 9.48 Å². The molecule has 0 aliphatic rings. The van der Waals surface area contributed by atoms with E-state index in [0.29, 0.717) is 11.7 Å². The molecule has 1 aromatic carbocycles. The van der Waals surface area contributed by atoms with Gasteiger partial charge >= 0.3 is 0 Å². The van der Waals surface area contributed by atoms with Gasteiger partial charge in [-0.25, -0.2) is 4.98 Å². The SMILES string of the molecule is CCn1c(SCC(=O)Nc2ccccc2)nnc1-c1ccnc2c1cnn2C. The number of nitrogens with one attached hydrogen (secondary N) is 1. The molecular formula is C19H19N7OS. The van der Waals surface area contributed by atoms with E-state index >= 15 is 0 Å². The number of aromatic nitrogens is 6. The van der Waals surface area contributed by atoms with Gasteiger partial charge in [-0.2, -0.15) is 5.10 Å². The van der Waals surface area contributed by atoms with Crippen molar-refractivity contribution in [3.8, 4) is 11.4 Å². The number of thioether (sulfide) groups is 1. The summed E-state index contributed by atoms with van der Waals surface area (Å²) >= 11 is 1.37. The summed E-state index contributed by atoms with van der Waals surface area (Å²) in [6.45, 7) is 2.72. The maximum absolute atomic E-state index is 12.2. The second-order valence-electron chi connectivity index (χ2n) is 6.12. The van der Waals surface area contributed by atoms with Crippen molar-refractivity contribution in [3.63, 3.8) is 0 Å². The Morgan fingerprint density at radius 1 is 1.18 bits per heavy atom. The van der Waals surface area contributed by atoms with Gasteiger partial charge in [0.1, 0.15) is 0 Å². The van der Waals surface area contributed by atoms with Crippen LogP contribution in [0.1, 0.15) is 6.92 Å². The summed E-state index contributed by atoms with van der Waals surface area (Å²) in [6.07, 6.45) is 3.53. The maximum atomic E-state index is 12.2. The summed E-state index contributed by atoms with van der Waals surface area (Å²) in [5.74, 6) is 0.918. The number of pyridine rings is 1. The molecule has 3 heterocycles. The van der Waals surface area contributed by atoms with Crippen molar-refractivity contribution in [2.24, 2.45) is 7.05 Å². The molecule has 0 radical (unpaired) electrons. The van der Waals surface area contributed by atoms with E-state index in [4.69, 9.17) is 0 Å². The number of anilines is 1. The summed E-state index contributed by atoms with van der Waals surface area (Å²) in [7, 11) is 1.86. The fourth-order valence-corrected chi connectivity index (χ4v) is 3.77. The van der Waals surface area contributed by atoms with E-state index in [2.05, 4.69) is 25.6 Å². The van der Waals surface area contributed by atoms with Gasteiger partial charge in [0.2, 0.25) is 5.91 Å². The van der Waals surface area contributed by atoms with Crippen molar-refractivity contribution in [3.05, 3.63) is 48.8 Å². The monoisotopic (exact) mass is 393 g/mol. The third kappa shape index (κ3) is 3.48. The molecule has 0 spiro atoms. The lowest BCUT2D eigenvalue weighted by Gasteiger charge is -2.08. The normalized spacial score (nSPS) is 11.1.